The number of aliphatic carboxylic acids is 1. The number of fused-ring (bicyclic) bond motifs is 1. The number of carboxylic acids is 1. The molecule has 20 heavy (non-hydrogen) atoms. The van der Waals surface area contributed by atoms with Crippen molar-refractivity contribution >= 4 is 44.2 Å². The van der Waals surface area contributed by atoms with Crippen LogP contribution in [0.3, 0.4) is 0 Å². The first-order chi connectivity index (χ1) is 9.39. The van der Waals surface area contributed by atoms with Crippen molar-refractivity contribution in [1.29, 1.82) is 0 Å². The second kappa shape index (κ2) is 5.64. The molecule has 0 spiro atoms. The largest absolute Gasteiger partial charge is 0.481 e. The van der Waals surface area contributed by atoms with Crippen LogP contribution in [0.4, 0.5) is 5.69 Å². The van der Waals surface area contributed by atoms with Gasteiger partial charge in [0.1, 0.15) is 0 Å². The third-order valence-electron chi connectivity index (χ3n) is 2.57. The topological polar surface area (TPSA) is 96.4 Å². The molecular weight excluding hydrogens is 304 g/mol. The molecule has 0 atom stereocenters. The van der Waals surface area contributed by atoms with Crippen molar-refractivity contribution in [3.8, 4) is 0 Å². The monoisotopic (exact) mass is 314 g/mol. The molecule has 2 N–H and O–H groups in total. The van der Waals surface area contributed by atoms with Gasteiger partial charge >= 0.3 is 5.97 Å². The zero-order valence-electron chi connectivity index (χ0n) is 10.2. The van der Waals surface area contributed by atoms with Crippen molar-refractivity contribution in [2.45, 2.75) is 6.42 Å². The number of hydrogen-bond acceptors (Lipinski definition) is 4. The number of benzene rings is 1. The number of aromatic nitrogens is 1. The molecule has 1 aromatic carbocycles. The van der Waals surface area contributed by atoms with E-state index in [1.54, 1.807) is 18.2 Å². The number of halogens is 1. The summed E-state index contributed by atoms with van der Waals surface area (Å²) in [5.41, 5.74) is 0.689. The van der Waals surface area contributed by atoms with Gasteiger partial charge in [0.05, 0.1) is 28.4 Å². The average molecular weight is 315 g/mol. The molecule has 6 nitrogen and oxygen atoms in total. The Balaban J connectivity index is 2.35. The van der Waals surface area contributed by atoms with Crippen LogP contribution in [0.2, 0.25) is 5.02 Å². The second-order valence-corrected chi connectivity index (χ2v) is 6.31. The van der Waals surface area contributed by atoms with Crippen molar-refractivity contribution in [2.24, 2.45) is 0 Å². The molecule has 0 bridgehead atoms. The smallest absolute Gasteiger partial charge is 0.304 e. The maximum Gasteiger partial charge on any atom is 0.304 e. The normalized spacial score (nSPS) is 11.4. The van der Waals surface area contributed by atoms with Crippen LogP contribution in [0.5, 0.6) is 0 Å². The van der Waals surface area contributed by atoms with Gasteiger partial charge in [0, 0.05) is 11.6 Å². The van der Waals surface area contributed by atoms with Gasteiger partial charge in [-0.15, -0.1) is 0 Å². The molecule has 0 aliphatic heterocycles. The maximum atomic E-state index is 11.8. The lowest BCUT2D eigenvalue weighted by molar-refractivity contribution is -0.136. The standard InChI is InChI=1S/C12H11ClN2O4S/c13-9-3-4-10(12-8(9)2-1-6-14-12)15-20(18,19)7-5-11(16)17/h1-4,6,15H,5,7H2,(H,16,17). The number of pyridine rings is 1. The van der Waals surface area contributed by atoms with Gasteiger partial charge in [-0.1, -0.05) is 11.6 Å². The Bertz CT molecular complexity index is 761. The van der Waals surface area contributed by atoms with Crippen LogP contribution in [0.1, 0.15) is 6.42 Å². The van der Waals surface area contributed by atoms with Crippen LogP contribution in [0.15, 0.2) is 30.5 Å². The third-order valence-corrected chi connectivity index (χ3v) is 4.17. The van der Waals surface area contributed by atoms with Crippen molar-refractivity contribution in [3.05, 3.63) is 35.5 Å². The lowest BCUT2D eigenvalue weighted by atomic mass is 10.2. The Labute approximate surface area is 120 Å². The first-order valence-electron chi connectivity index (χ1n) is 5.64. The highest BCUT2D eigenvalue weighted by Gasteiger charge is 2.15. The molecule has 1 heterocycles. The van der Waals surface area contributed by atoms with E-state index in [-0.39, 0.29) is 5.69 Å². The molecule has 0 unspecified atom stereocenters. The summed E-state index contributed by atoms with van der Waals surface area (Å²) in [5, 5.41) is 9.61. The van der Waals surface area contributed by atoms with Crippen molar-refractivity contribution < 1.29 is 18.3 Å². The number of sulfonamides is 1. The summed E-state index contributed by atoms with van der Waals surface area (Å²) in [6.45, 7) is 0. The van der Waals surface area contributed by atoms with E-state index in [1.807, 2.05) is 0 Å². The zero-order valence-corrected chi connectivity index (χ0v) is 11.8. The van der Waals surface area contributed by atoms with Crippen LogP contribution >= 0.6 is 11.6 Å². The summed E-state index contributed by atoms with van der Waals surface area (Å²) in [6, 6.07) is 6.47. The maximum absolute atomic E-state index is 11.8. The van der Waals surface area contributed by atoms with E-state index in [2.05, 4.69) is 9.71 Å². The summed E-state index contributed by atoms with van der Waals surface area (Å²) in [5.74, 6) is -1.67. The Kier molecular flexibility index (Phi) is 4.10. The van der Waals surface area contributed by atoms with Gasteiger partial charge in [-0.25, -0.2) is 8.42 Å². The number of anilines is 1. The first kappa shape index (κ1) is 14.5. The number of carboxylic acid groups (broad SMARTS) is 1. The Morgan fingerprint density at radius 3 is 2.80 bits per heavy atom. The summed E-state index contributed by atoms with van der Waals surface area (Å²) in [6.07, 6.45) is 1.06. The van der Waals surface area contributed by atoms with Crippen molar-refractivity contribution in [3.63, 3.8) is 0 Å². The number of nitrogens with one attached hydrogen (secondary N) is 1. The lowest BCUT2D eigenvalue weighted by Gasteiger charge is -2.10. The molecule has 2 rings (SSSR count). The molecule has 2 aromatic rings. The molecule has 0 fully saturated rings. The number of carbonyl (C=O) groups is 1. The Morgan fingerprint density at radius 2 is 2.10 bits per heavy atom. The Morgan fingerprint density at radius 1 is 1.35 bits per heavy atom. The molecule has 0 aliphatic rings. The quantitative estimate of drug-likeness (QED) is 0.881. The van der Waals surface area contributed by atoms with E-state index in [4.69, 9.17) is 16.7 Å². The van der Waals surface area contributed by atoms with Crippen molar-refractivity contribution in [1.82, 2.24) is 4.98 Å². The molecular formula is C12H11ClN2O4S. The van der Waals surface area contributed by atoms with Gasteiger partial charge in [0.15, 0.2) is 0 Å². The molecule has 0 saturated heterocycles. The van der Waals surface area contributed by atoms with E-state index < -0.39 is 28.2 Å². The molecule has 0 aliphatic carbocycles. The number of rotatable bonds is 5. The van der Waals surface area contributed by atoms with E-state index in [1.165, 1.54) is 12.3 Å². The molecule has 0 amide bonds. The fourth-order valence-corrected chi connectivity index (χ4v) is 2.92. The van der Waals surface area contributed by atoms with Crippen LogP contribution < -0.4 is 4.72 Å². The van der Waals surface area contributed by atoms with Gasteiger partial charge in [-0.05, 0) is 24.3 Å². The van der Waals surface area contributed by atoms with Gasteiger partial charge in [0.25, 0.3) is 0 Å². The summed E-state index contributed by atoms with van der Waals surface area (Å²) < 4.78 is 25.9. The highest BCUT2D eigenvalue weighted by Crippen LogP contribution is 2.28. The first-order valence-corrected chi connectivity index (χ1v) is 7.67. The molecule has 106 valence electrons. The molecule has 0 radical (unpaired) electrons. The second-order valence-electron chi connectivity index (χ2n) is 4.06. The SMILES string of the molecule is O=C(O)CCS(=O)(=O)Nc1ccc(Cl)c2cccnc12. The fraction of sp³-hybridized carbons (Fsp3) is 0.167. The minimum atomic E-state index is -3.75. The predicted molar refractivity (Wildman–Crippen MR) is 76.4 cm³/mol. The van der Waals surface area contributed by atoms with E-state index in [0.29, 0.717) is 15.9 Å². The van der Waals surface area contributed by atoms with E-state index in [9.17, 15) is 13.2 Å². The van der Waals surface area contributed by atoms with E-state index >= 15 is 0 Å². The van der Waals surface area contributed by atoms with Crippen LogP contribution in [0, 0.1) is 0 Å². The zero-order chi connectivity index (χ0) is 14.8. The van der Waals surface area contributed by atoms with Gasteiger partial charge in [-0.2, -0.15) is 0 Å². The highest BCUT2D eigenvalue weighted by atomic mass is 35.5. The number of nitrogens with zero attached hydrogens (tertiary/aromatic N) is 1. The third kappa shape index (κ3) is 3.37. The fourth-order valence-electron chi connectivity index (χ4n) is 1.66. The van der Waals surface area contributed by atoms with Crippen LogP contribution in [0.25, 0.3) is 10.9 Å². The minimum absolute atomic E-state index is 0.274. The van der Waals surface area contributed by atoms with Gasteiger partial charge in [-0.3, -0.25) is 14.5 Å². The summed E-state index contributed by atoms with van der Waals surface area (Å²) in [4.78, 5) is 14.5. The predicted octanol–water partition coefficient (Wildman–Crippen LogP) is 2.10. The summed E-state index contributed by atoms with van der Waals surface area (Å²) >= 11 is 6.01. The Hall–Kier alpha value is -1.86. The summed E-state index contributed by atoms with van der Waals surface area (Å²) in [7, 11) is -3.75. The van der Waals surface area contributed by atoms with Gasteiger partial charge < -0.3 is 5.11 Å². The van der Waals surface area contributed by atoms with Crippen LogP contribution in [-0.4, -0.2) is 30.2 Å². The van der Waals surface area contributed by atoms with Crippen LogP contribution in [-0.2, 0) is 14.8 Å². The minimum Gasteiger partial charge on any atom is -0.481 e. The average Bonchev–Trinajstić information content (AvgIpc) is 2.40. The number of hydrogen-bond donors (Lipinski definition) is 2. The molecule has 8 heteroatoms. The van der Waals surface area contributed by atoms with Gasteiger partial charge in [0.2, 0.25) is 10.0 Å². The highest BCUT2D eigenvalue weighted by molar-refractivity contribution is 7.92. The van der Waals surface area contributed by atoms with Crippen molar-refractivity contribution in [2.75, 3.05) is 10.5 Å². The lowest BCUT2D eigenvalue weighted by Crippen LogP contribution is -2.19. The van der Waals surface area contributed by atoms with E-state index in [0.717, 1.165) is 0 Å². The molecule has 0 saturated carbocycles. The molecule has 1 aromatic heterocycles.